The molecule has 1 fully saturated rings. The molecule has 9 heteroatoms. The van der Waals surface area contributed by atoms with Gasteiger partial charge in [0, 0.05) is 11.6 Å². The largest absolute Gasteiger partial charge is 0.497 e. The standard InChI is InChI=1S/C33H33ClN2O5S/c1-21(25-12-8-23(18-34)9-13-25)16-26-20-42-32-29(35-28(37)17-22-6-4-3-5-7-22)31(38)36(32)30(26)33(39)41-19-24-10-14-27(40-2)15-11-24/h3-15,21,29,32H,16-20H2,1-2H3,(H,35,37)/t21?,29-,32-/m1/s1. The summed E-state index contributed by atoms with van der Waals surface area (Å²) in [7, 11) is 1.59. The van der Waals surface area contributed by atoms with E-state index < -0.39 is 12.0 Å². The van der Waals surface area contributed by atoms with Crippen LogP contribution in [0.25, 0.3) is 0 Å². The topological polar surface area (TPSA) is 84.9 Å². The first kappa shape index (κ1) is 29.7. The predicted molar refractivity (Wildman–Crippen MR) is 164 cm³/mol. The highest BCUT2D eigenvalue weighted by Crippen LogP contribution is 2.43. The van der Waals surface area contributed by atoms with Gasteiger partial charge in [0.1, 0.15) is 29.5 Å². The minimum Gasteiger partial charge on any atom is -0.497 e. The summed E-state index contributed by atoms with van der Waals surface area (Å²) in [6.07, 6.45) is 0.765. The molecule has 2 amide bonds. The van der Waals surface area contributed by atoms with Gasteiger partial charge in [-0.1, -0.05) is 73.7 Å². The number of benzene rings is 3. The second kappa shape index (κ2) is 13.5. The van der Waals surface area contributed by atoms with Crippen molar-refractivity contribution in [2.24, 2.45) is 0 Å². The third-order valence-corrected chi connectivity index (χ3v) is 9.20. The van der Waals surface area contributed by atoms with Crippen LogP contribution >= 0.6 is 23.4 Å². The minimum absolute atomic E-state index is 0.0616. The minimum atomic E-state index is -0.697. The van der Waals surface area contributed by atoms with Crippen LogP contribution in [-0.2, 0) is 38.0 Å². The van der Waals surface area contributed by atoms with E-state index in [1.54, 1.807) is 31.0 Å². The van der Waals surface area contributed by atoms with E-state index in [-0.39, 0.29) is 41.8 Å². The lowest BCUT2D eigenvalue weighted by atomic mass is 9.91. The number of ether oxygens (including phenoxy) is 2. The number of alkyl halides is 1. The molecule has 1 saturated heterocycles. The Hall–Kier alpha value is -3.75. The van der Waals surface area contributed by atoms with Crippen LogP contribution in [0.15, 0.2) is 90.1 Å². The van der Waals surface area contributed by atoms with Gasteiger partial charge in [0.2, 0.25) is 5.91 Å². The molecule has 0 aliphatic carbocycles. The van der Waals surface area contributed by atoms with E-state index >= 15 is 0 Å². The number of hydrogen-bond donors (Lipinski definition) is 1. The summed E-state index contributed by atoms with van der Waals surface area (Å²) >= 11 is 7.52. The van der Waals surface area contributed by atoms with E-state index in [1.807, 2.05) is 54.6 Å². The van der Waals surface area contributed by atoms with Gasteiger partial charge < -0.3 is 14.8 Å². The van der Waals surface area contributed by atoms with Crippen LogP contribution in [0.3, 0.4) is 0 Å². The van der Waals surface area contributed by atoms with Crippen molar-refractivity contribution in [1.29, 1.82) is 0 Å². The van der Waals surface area contributed by atoms with Gasteiger partial charge in [-0.2, -0.15) is 0 Å². The molecule has 2 aliphatic heterocycles. The van der Waals surface area contributed by atoms with Crippen LogP contribution in [0.5, 0.6) is 5.75 Å². The van der Waals surface area contributed by atoms with Crippen molar-refractivity contribution >= 4 is 41.1 Å². The van der Waals surface area contributed by atoms with Gasteiger partial charge >= 0.3 is 5.97 Å². The summed E-state index contributed by atoms with van der Waals surface area (Å²) in [6.45, 7) is 2.16. The third kappa shape index (κ3) is 6.66. The van der Waals surface area contributed by atoms with E-state index in [0.29, 0.717) is 23.8 Å². The Balaban J connectivity index is 1.34. The SMILES string of the molecule is COc1ccc(COC(=O)C2=C(CC(C)c3ccc(CCl)cc3)CS[C@@H]3[C@H](NC(=O)Cc4ccccc4)C(=O)N23)cc1. The molecule has 7 nitrogen and oxygen atoms in total. The Morgan fingerprint density at radius 2 is 1.69 bits per heavy atom. The fourth-order valence-corrected chi connectivity index (χ4v) is 6.74. The zero-order valence-corrected chi connectivity index (χ0v) is 25.1. The number of nitrogens with one attached hydrogen (secondary N) is 1. The smallest absolute Gasteiger partial charge is 0.355 e. The summed E-state index contributed by atoms with van der Waals surface area (Å²) in [5.74, 6) is 0.733. The number of methoxy groups -OCH3 is 1. The van der Waals surface area contributed by atoms with E-state index in [9.17, 15) is 14.4 Å². The lowest BCUT2D eigenvalue weighted by Gasteiger charge is -2.50. The van der Waals surface area contributed by atoms with E-state index in [2.05, 4.69) is 24.4 Å². The number of rotatable bonds is 11. The fourth-order valence-electron chi connectivity index (χ4n) is 5.20. The van der Waals surface area contributed by atoms with Crippen molar-refractivity contribution in [3.8, 4) is 5.75 Å². The lowest BCUT2D eigenvalue weighted by Crippen LogP contribution is -2.70. The molecular formula is C33H33ClN2O5S. The molecule has 0 bridgehead atoms. The van der Waals surface area contributed by atoms with Gasteiger partial charge in [-0.05, 0) is 52.3 Å². The fraction of sp³-hybridized carbons (Fsp3) is 0.303. The summed E-state index contributed by atoms with van der Waals surface area (Å²) < 4.78 is 11.0. The van der Waals surface area contributed by atoms with Crippen LogP contribution < -0.4 is 10.1 Å². The molecule has 0 saturated carbocycles. The van der Waals surface area contributed by atoms with Crippen LogP contribution in [0.1, 0.15) is 41.5 Å². The van der Waals surface area contributed by atoms with Crippen molar-refractivity contribution in [2.45, 2.75) is 49.6 Å². The maximum Gasteiger partial charge on any atom is 0.355 e. The molecule has 3 atom stereocenters. The Morgan fingerprint density at radius 1 is 1.00 bits per heavy atom. The number of hydrogen-bond acceptors (Lipinski definition) is 6. The summed E-state index contributed by atoms with van der Waals surface area (Å²) in [4.78, 5) is 41.3. The van der Waals surface area contributed by atoms with Gasteiger partial charge in [-0.3, -0.25) is 14.5 Å². The second-order valence-electron chi connectivity index (χ2n) is 10.5. The number of carbonyl (C=O) groups is 3. The quantitative estimate of drug-likeness (QED) is 0.175. The zero-order chi connectivity index (χ0) is 29.6. The number of thioether (sulfide) groups is 1. The second-order valence-corrected chi connectivity index (χ2v) is 11.8. The molecule has 1 N–H and O–H groups in total. The van der Waals surface area contributed by atoms with Gasteiger partial charge in [-0.15, -0.1) is 23.4 Å². The Bertz CT molecular complexity index is 1460. The molecule has 0 radical (unpaired) electrons. The van der Waals surface area contributed by atoms with Gasteiger partial charge in [0.05, 0.1) is 13.5 Å². The lowest BCUT2D eigenvalue weighted by molar-refractivity contribution is -0.153. The van der Waals surface area contributed by atoms with Gasteiger partial charge in [-0.25, -0.2) is 4.79 Å². The van der Waals surface area contributed by atoms with Crippen molar-refractivity contribution in [3.05, 3.63) is 112 Å². The van der Waals surface area contributed by atoms with Crippen LogP contribution in [0.2, 0.25) is 0 Å². The van der Waals surface area contributed by atoms with E-state index in [0.717, 1.165) is 27.8 Å². The van der Waals surface area contributed by atoms with Crippen LogP contribution in [-0.4, -0.2) is 47.0 Å². The predicted octanol–water partition coefficient (Wildman–Crippen LogP) is 5.57. The highest BCUT2D eigenvalue weighted by Gasteiger charge is 2.54. The molecule has 0 spiro atoms. The normalized spacial score (nSPS) is 18.5. The maximum atomic E-state index is 13.6. The molecule has 5 rings (SSSR count). The number of halogens is 1. The number of carbonyl (C=O) groups excluding carboxylic acids is 3. The Labute approximate surface area is 255 Å². The molecule has 42 heavy (non-hydrogen) atoms. The van der Waals surface area contributed by atoms with E-state index in [1.165, 1.54) is 4.90 Å². The number of nitrogens with zero attached hydrogens (tertiary/aromatic N) is 1. The highest BCUT2D eigenvalue weighted by atomic mass is 35.5. The highest BCUT2D eigenvalue weighted by molar-refractivity contribution is 8.00. The summed E-state index contributed by atoms with van der Waals surface area (Å²) in [5, 5.41) is 2.51. The number of β-lactam (4-membered cyclic amide) rings is 1. The summed E-state index contributed by atoms with van der Waals surface area (Å²) in [5.41, 5.74) is 4.98. The van der Waals surface area contributed by atoms with Gasteiger partial charge in [0.15, 0.2) is 0 Å². The monoisotopic (exact) mass is 604 g/mol. The van der Waals surface area contributed by atoms with Crippen LogP contribution in [0, 0.1) is 0 Å². The molecule has 2 aliphatic rings. The Morgan fingerprint density at radius 3 is 2.36 bits per heavy atom. The maximum absolute atomic E-state index is 13.6. The van der Waals surface area contributed by atoms with Crippen molar-refractivity contribution in [1.82, 2.24) is 10.2 Å². The van der Waals surface area contributed by atoms with Crippen molar-refractivity contribution < 1.29 is 23.9 Å². The third-order valence-electron chi connectivity index (χ3n) is 7.55. The molecule has 1 unspecified atom stereocenters. The van der Waals surface area contributed by atoms with Crippen molar-refractivity contribution in [3.63, 3.8) is 0 Å². The zero-order valence-electron chi connectivity index (χ0n) is 23.5. The molecule has 0 aromatic heterocycles. The average molecular weight is 605 g/mol. The molecule has 3 aromatic rings. The molecular weight excluding hydrogens is 572 g/mol. The molecule has 3 aromatic carbocycles. The first-order valence-corrected chi connectivity index (χ1v) is 15.4. The van der Waals surface area contributed by atoms with Crippen molar-refractivity contribution in [2.75, 3.05) is 12.9 Å². The number of fused-ring (bicyclic) bond motifs is 1. The first-order chi connectivity index (χ1) is 20.4. The summed E-state index contributed by atoms with van der Waals surface area (Å²) in [6, 6.07) is 24.1. The van der Waals surface area contributed by atoms with Gasteiger partial charge in [0.25, 0.3) is 5.91 Å². The molecule has 2 heterocycles. The van der Waals surface area contributed by atoms with Crippen LogP contribution in [0.4, 0.5) is 0 Å². The molecule has 218 valence electrons. The number of amides is 2. The first-order valence-electron chi connectivity index (χ1n) is 13.8. The van der Waals surface area contributed by atoms with E-state index in [4.69, 9.17) is 21.1 Å². The Kier molecular flexibility index (Phi) is 9.55. The average Bonchev–Trinajstić information content (AvgIpc) is 3.03. The number of esters is 1.